The Kier molecular flexibility index (Phi) is 7.94. The summed E-state index contributed by atoms with van der Waals surface area (Å²) >= 11 is 0. The minimum Gasteiger partial charge on any atom is -0.327 e. The first-order valence-electron chi connectivity index (χ1n) is 6.10. The molecule has 0 aliphatic rings. The van der Waals surface area contributed by atoms with Crippen LogP contribution in [-0.4, -0.2) is 26.7 Å². The smallest absolute Gasteiger partial charge is 0.228 e. The summed E-state index contributed by atoms with van der Waals surface area (Å²) in [4.78, 5) is 16.1. The lowest BCUT2D eigenvalue weighted by Crippen LogP contribution is -2.34. The summed E-state index contributed by atoms with van der Waals surface area (Å²) in [6, 6.07) is 5.22. The first-order chi connectivity index (χ1) is 9.08. The maximum atomic E-state index is 11.8. The number of aromatic nitrogens is 3. The number of amides is 1. The number of pyridine rings is 1. The highest BCUT2D eigenvalue weighted by atomic mass is 35.5. The Balaban J connectivity index is 0.00000200. The predicted octanol–water partition coefficient (Wildman–Crippen LogP) is 2.03. The highest BCUT2D eigenvalue weighted by molar-refractivity contribution is 5.92. The molecule has 6 nitrogen and oxygen atoms in total. The standard InChI is InChI=1S/C13H17N5O.2ClH/c1-9(10(2)14)13(19)17-11-4-5-12(15-8-11)18-7-3-6-16-18;;/h3-10H,14H2,1-2H3,(H,17,19);2*1H. The molecule has 0 radical (unpaired) electrons. The zero-order chi connectivity index (χ0) is 13.8. The lowest BCUT2D eigenvalue weighted by atomic mass is 10.0. The normalized spacial score (nSPS) is 12.5. The number of halogens is 2. The molecule has 0 aromatic carbocycles. The Labute approximate surface area is 135 Å². The quantitative estimate of drug-likeness (QED) is 0.897. The molecular formula is C13H19Cl2N5O. The molecule has 3 N–H and O–H groups in total. The van der Waals surface area contributed by atoms with Crippen LogP contribution in [0.15, 0.2) is 36.8 Å². The largest absolute Gasteiger partial charge is 0.327 e. The van der Waals surface area contributed by atoms with Gasteiger partial charge in [-0.1, -0.05) is 6.92 Å². The van der Waals surface area contributed by atoms with Crippen molar-refractivity contribution in [3.8, 4) is 5.82 Å². The zero-order valence-corrected chi connectivity index (χ0v) is 13.4. The van der Waals surface area contributed by atoms with E-state index in [4.69, 9.17) is 5.73 Å². The van der Waals surface area contributed by atoms with Crippen LogP contribution in [0.2, 0.25) is 0 Å². The number of nitrogens with zero attached hydrogens (tertiary/aromatic N) is 3. The average molecular weight is 332 g/mol. The maximum Gasteiger partial charge on any atom is 0.228 e. The maximum absolute atomic E-state index is 11.8. The molecule has 0 saturated carbocycles. The molecule has 2 unspecified atom stereocenters. The highest BCUT2D eigenvalue weighted by Crippen LogP contribution is 2.11. The van der Waals surface area contributed by atoms with Crippen molar-refractivity contribution in [2.45, 2.75) is 19.9 Å². The van der Waals surface area contributed by atoms with Crippen molar-refractivity contribution in [1.82, 2.24) is 14.8 Å². The average Bonchev–Trinajstić information content (AvgIpc) is 2.92. The molecule has 0 fully saturated rings. The number of hydrogen-bond donors (Lipinski definition) is 2. The second-order valence-corrected chi connectivity index (χ2v) is 4.49. The lowest BCUT2D eigenvalue weighted by Gasteiger charge is -2.15. The van der Waals surface area contributed by atoms with Crippen molar-refractivity contribution < 1.29 is 4.79 Å². The third-order valence-electron chi connectivity index (χ3n) is 2.96. The Bertz CT molecular complexity index is 542. The van der Waals surface area contributed by atoms with Gasteiger partial charge in [-0.2, -0.15) is 5.10 Å². The first kappa shape index (κ1) is 19.4. The van der Waals surface area contributed by atoms with Crippen LogP contribution in [0.1, 0.15) is 13.8 Å². The Morgan fingerprint density at radius 3 is 2.52 bits per heavy atom. The van der Waals surface area contributed by atoms with Gasteiger partial charge in [-0.25, -0.2) is 9.67 Å². The van der Waals surface area contributed by atoms with E-state index < -0.39 is 0 Å². The van der Waals surface area contributed by atoms with Crippen LogP contribution >= 0.6 is 24.8 Å². The Morgan fingerprint density at radius 2 is 2.05 bits per heavy atom. The van der Waals surface area contributed by atoms with Crippen molar-refractivity contribution in [3.63, 3.8) is 0 Å². The zero-order valence-electron chi connectivity index (χ0n) is 11.8. The van der Waals surface area contributed by atoms with E-state index in [1.165, 1.54) is 0 Å². The van der Waals surface area contributed by atoms with Gasteiger partial charge in [-0.3, -0.25) is 4.79 Å². The molecule has 1 amide bonds. The van der Waals surface area contributed by atoms with E-state index in [0.717, 1.165) is 0 Å². The number of nitrogens with two attached hydrogens (primary N) is 1. The van der Waals surface area contributed by atoms with Gasteiger partial charge in [0.15, 0.2) is 5.82 Å². The Hall–Kier alpha value is -1.63. The van der Waals surface area contributed by atoms with Crippen LogP contribution in [0.3, 0.4) is 0 Å². The molecule has 8 heteroatoms. The van der Waals surface area contributed by atoms with Crippen molar-refractivity contribution in [2.24, 2.45) is 11.7 Å². The molecule has 2 rings (SSSR count). The van der Waals surface area contributed by atoms with Crippen LogP contribution in [0, 0.1) is 5.92 Å². The van der Waals surface area contributed by atoms with Gasteiger partial charge in [0.1, 0.15) is 0 Å². The van der Waals surface area contributed by atoms with Crippen molar-refractivity contribution in [1.29, 1.82) is 0 Å². The number of anilines is 1. The van der Waals surface area contributed by atoms with E-state index in [2.05, 4.69) is 15.4 Å². The topological polar surface area (TPSA) is 85.8 Å². The first-order valence-corrected chi connectivity index (χ1v) is 6.10. The van der Waals surface area contributed by atoms with Crippen LogP contribution in [0.25, 0.3) is 5.82 Å². The van der Waals surface area contributed by atoms with E-state index in [9.17, 15) is 4.79 Å². The number of carbonyl (C=O) groups is 1. The SMILES string of the molecule is CC(N)C(C)C(=O)Nc1ccc(-n2cccn2)nc1.Cl.Cl. The van der Waals surface area contributed by atoms with E-state index >= 15 is 0 Å². The molecular weight excluding hydrogens is 313 g/mol. The molecule has 0 aliphatic heterocycles. The molecule has 2 aromatic heterocycles. The lowest BCUT2D eigenvalue weighted by molar-refractivity contribution is -0.119. The summed E-state index contributed by atoms with van der Waals surface area (Å²) in [6.07, 6.45) is 5.09. The summed E-state index contributed by atoms with van der Waals surface area (Å²) in [5.74, 6) is 0.345. The summed E-state index contributed by atoms with van der Waals surface area (Å²) < 4.78 is 1.65. The molecule has 0 aliphatic carbocycles. The molecule has 0 bridgehead atoms. The molecule has 2 heterocycles. The molecule has 21 heavy (non-hydrogen) atoms. The minimum absolute atomic E-state index is 0. The van der Waals surface area contributed by atoms with E-state index in [0.29, 0.717) is 11.5 Å². The summed E-state index contributed by atoms with van der Waals surface area (Å²) in [7, 11) is 0. The van der Waals surface area contributed by atoms with Crippen LogP contribution in [-0.2, 0) is 4.79 Å². The summed E-state index contributed by atoms with van der Waals surface area (Å²) in [5, 5.41) is 6.86. The van der Waals surface area contributed by atoms with E-state index in [-0.39, 0.29) is 42.7 Å². The number of hydrogen-bond acceptors (Lipinski definition) is 4. The van der Waals surface area contributed by atoms with Gasteiger partial charge >= 0.3 is 0 Å². The van der Waals surface area contributed by atoms with Crippen LogP contribution < -0.4 is 11.1 Å². The van der Waals surface area contributed by atoms with Gasteiger partial charge in [0.2, 0.25) is 5.91 Å². The second-order valence-electron chi connectivity index (χ2n) is 4.49. The monoisotopic (exact) mass is 331 g/mol. The van der Waals surface area contributed by atoms with Crippen molar-refractivity contribution in [2.75, 3.05) is 5.32 Å². The second kappa shape index (κ2) is 8.61. The highest BCUT2D eigenvalue weighted by Gasteiger charge is 2.17. The minimum atomic E-state index is -0.245. The van der Waals surface area contributed by atoms with Gasteiger partial charge in [0, 0.05) is 18.4 Å². The van der Waals surface area contributed by atoms with E-state index in [1.807, 2.05) is 13.0 Å². The van der Waals surface area contributed by atoms with Gasteiger partial charge in [-0.05, 0) is 25.1 Å². The predicted molar refractivity (Wildman–Crippen MR) is 87.3 cm³/mol. The van der Waals surface area contributed by atoms with Gasteiger partial charge < -0.3 is 11.1 Å². The molecule has 0 saturated heterocycles. The molecule has 2 atom stereocenters. The van der Waals surface area contributed by atoms with Gasteiger partial charge in [-0.15, -0.1) is 24.8 Å². The molecule has 0 spiro atoms. The van der Waals surface area contributed by atoms with Crippen molar-refractivity contribution in [3.05, 3.63) is 36.8 Å². The Morgan fingerprint density at radius 1 is 1.33 bits per heavy atom. The summed E-state index contributed by atoms with van der Waals surface area (Å²) in [6.45, 7) is 3.61. The van der Waals surface area contributed by atoms with Crippen molar-refractivity contribution >= 4 is 36.4 Å². The molecule has 2 aromatic rings. The number of carbonyl (C=O) groups excluding carboxylic acids is 1. The third-order valence-corrected chi connectivity index (χ3v) is 2.96. The van der Waals surface area contributed by atoms with E-state index in [1.54, 1.807) is 42.3 Å². The number of rotatable bonds is 4. The van der Waals surface area contributed by atoms with Crippen LogP contribution in [0.4, 0.5) is 5.69 Å². The fraction of sp³-hybridized carbons (Fsp3) is 0.308. The fourth-order valence-electron chi connectivity index (χ4n) is 1.49. The van der Waals surface area contributed by atoms with Crippen LogP contribution in [0.5, 0.6) is 0 Å². The summed E-state index contributed by atoms with van der Waals surface area (Å²) in [5.41, 5.74) is 6.34. The number of nitrogens with one attached hydrogen (secondary N) is 1. The van der Waals surface area contributed by atoms with Gasteiger partial charge in [0.25, 0.3) is 0 Å². The third kappa shape index (κ3) is 5.00. The van der Waals surface area contributed by atoms with Gasteiger partial charge in [0.05, 0.1) is 17.8 Å². The fourth-order valence-corrected chi connectivity index (χ4v) is 1.49. The molecule has 116 valence electrons.